The number of hydrogen-bond acceptors (Lipinski definition) is 3. The van der Waals surface area contributed by atoms with E-state index in [1.807, 2.05) is 0 Å². The fourth-order valence-electron chi connectivity index (χ4n) is 2.32. The van der Waals surface area contributed by atoms with Gasteiger partial charge in [0.1, 0.15) is 0 Å². The maximum atomic E-state index is 12.2. The highest BCUT2D eigenvalue weighted by atomic mass is 16.4. The summed E-state index contributed by atoms with van der Waals surface area (Å²) in [5.41, 5.74) is -0.245. The van der Waals surface area contributed by atoms with Crippen LogP contribution in [0.15, 0.2) is 54.6 Å². The van der Waals surface area contributed by atoms with Crippen molar-refractivity contribution in [2.75, 3.05) is 5.32 Å². The zero-order chi connectivity index (χ0) is 14.2. The molecule has 2 aromatic rings. The molecule has 0 fully saturated rings. The van der Waals surface area contributed by atoms with Gasteiger partial charge in [-0.25, -0.2) is 4.79 Å². The molecular formula is C15H12N2O3. The lowest BCUT2D eigenvalue weighted by Crippen LogP contribution is -2.60. The van der Waals surface area contributed by atoms with E-state index in [1.165, 1.54) is 0 Å². The van der Waals surface area contributed by atoms with E-state index in [0.29, 0.717) is 16.8 Å². The molecule has 1 aliphatic rings. The van der Waals surface area contributed by atoms with Crippen LogP contribution in [0.2, 0.25) is 0 Å². The van der Waals surface area contributed by atoms with Crippen molar-refractivity contribution in [1.82, 2.24) is 5.32 Å². The number of amides is 1. The molecule has 100 valence electrons. The highest BCUT2D eigenvalue weighted by Gasteiger charge is 2.45. The lowest BCUT2D eigenvalue weighted by Gasteiger charge is -2.37. The number of anilines is 1. The molecular weight excluding hydrogens is 256 g/mol. The number of hydrogen-bond donors (Lipinski definition) is 3. The molecule has 1 aliphatic heterocycles. The fourth-order valence-corrected chi connectivity index (χ4v) is 2.32. The summed E-state index contributed by atoms with van der Waals surface area (Å²) in [6, 6.07) is 15.4. The summed E-state index contributed by atoms with van der Waals surface area (Å²) >= 11 is 0. The van der Waals surface area contributed by atoms with Crippen molar-refractivity contribution in [3.05, 3.63) is 65.7 Å². The molecule has 1 amide bonds. The van der Waals surface area contributed by atoms with Crippen molar-refractivity contribution in [2.24, 2.45) is 0 Å². The SMILES string of the molecule is O=C1NC(C(=O)O)(c2ccccc2)Nc2ccccc21. The van der Waals surface area contributed by atoms with Crippen LogP contribution in [-0.2, 0) is 10.5 Å². The van der Waals surface area contributed by atoms with Crippen molar-refractivity contribution in [2.45, 2.75) is 5.66 Å². The number of carbonyl (C=O) groups excluding carboxylic acids is 1. The normalized spacial score (nSPS) is 20.5. The Bertz CT molecular complexity index is 685. The second kappa shape index (κ2) is 4.38. The Kier molecular flexibility index (Phi) is 2.68. The number of carboxylic acids is 1. The number of rotatable bonds is 2. The summed E-state index contributed by atoms with van der Waals surface area (Å²) in [5.74, 6) is -1.57. The van der Waals surface area contributed by atoms with E-state index in [-0.39, 0.29) is 0 Å². The van der Waals surface area contributed by atoms with Crippen LogP contribution < -0.4 is 10.6 Å². The average Bonchev–Trinajstić information content (AvgIpc) is 2.48. The molecule has 2 aromatic carbocycles. The Morgan fingerprint density at radius 3 is 2.30 bits per heavy atom. The second-order valence-electron chi connectivity index (χ2n) is 4.55. The Morgan fingerprint density at radius 1 is 0.950 bits per heavy atom. The van der Waals surface area contributed by atoms with Crippen LogP contribution in [0.25, 0.3) is 0 Å². The minimum absolute atomic E-state index is 0.411. The van der Waals surface area contributed by atoms with E-state index in [2.05, 4.69) is 10.6 Å². The maximum Gasteiger partial charge on any atom is 0.355 e. The topological polar surface area (TPSA) is 78.4 Å². The van der Waals surface area contributed by atoms with Gasteiger partial charge in [-0.2, -0.15) is 0 Å². The van der Waals surface area contributed by atoms with Gasteiger partial charge in [0.15, 0.2) is 0 Å². The van der Waals surface area contributed by atoms with Gasteiger partial charge < -0.3 is 15.7 Å². The molecule has 0 saturated heterocycles. The molecule has 0 radical (unpaired) electrons. The Hall–Kier alpha value is -2.82. The number of nitrogens with one attached hydrogen (secondary N) is 2. The number of carboxylic acid groups (broad SMARTS) is 1. The first-order valence-electron chi connectivity index (χ1n) is 6.12. The molecule has 1 atom stereocenters. The van der Waals surface area contributed by atoms with Crippen LogP contribution in [0.3, 0.4) is 0 Å². The Labute approximate surface area is 115 Å². The Morgan fingerprint density at radius 2 is 1.60 bits per heavy atom. The molecule has 5 nitrogen and oxygen atoms in total. The van der Waals surface area contributed by atoms with Gasteiger partial charge in [0, 0.05) is 11.3 Å². The molecule has 0 saturated carbocycles. The second-order valence-corrected chi connectivity index (χ2v) is 4.55. The van der Waals surface area contributed by atoms with Crippen molar-refractivity contribution in [3.8, 4) is 0 Å². The Balaban J connectivity index is 2.16. The maximum absolute atomic E-state index is 12.2. The van der Waals surface area contributed by atoms with Gasteiger partial charge in [0.2, 0.25) is 5.66 Å². The molecule has 3 N–H and O–H groups in total. The van der Waals surface area contributed by atoms with E-state index in [0.717, 1.165) is 0 Å². The summed E-state index contributed by atoms with van der Waals surface area (Å²) < 4.78 is 0. The first kappa shape index (κ1) is 12.2. The molecule has 20 heavy (non-hydrogen) atoms. The fraction of sp³-hybridized carbons (Fsp3) is 0.0667. The molecule has 0 bridgehead atoms. The van der Waals surface area contributed by atoms with Gasteiger partial charge >= 0.3 is 5.97 Å². The van der Waals surface area contributed by atoms with Crippen molar-refractivity contribution < 1.29 is 14.7 Å². The minimum Gasteiger partial charge on any atom is -0.478 e. The molecule has 1 heterocycles. The monoisotopic (exact) mass is 268 g/mol. The van der Waals surface area contributed by atoms with Gasteiger partial charge in [-0.3, -0.25) is 4.79 Å². The lowest BCUT2D eigenvalue weighted by molar-refractivity contribution is -0.143. The third-order valence-corrected chi connectivity index (χ3v) is 3.32. The molecule has 3 rings (SSSR count). The van der Waals surface area contributed by atoms with Gasteiger partial charge in [0.25, 0.3) is 5.91 Å². The smallest absolute Gasteiger partial charge is 0.355 e. The van der Waals surface area contributed by atoms with Gasteiger partial charge in [0.05, 0.1) is 5.56 Å². The van der Waals surface area contributed by atoms with Crippen molar-refractivity contribution in [1.29, 1.82) is 0 Å². The molecule has 5 heteroatoms. The van der Waals surface area contributed by atoms with E-state index >= 15 is 0 Å². The number of aliphatic carboxylic acids is 1. The van der Waals surface area contributed by atoms with Crippen LogP contribution in [0, 0.1) is 0 Å². The lowest BCUT2D eigenvalue weighted by atomic mass is 9.94. The van der Waals surface area contributed by atoms with Gasteiger partial charge in [-0.1, -0.05) is 42.5 Å². The highest BCUT2D eigenvalue weighted by Crippen LogP contribution is 2.31. The summed E-state index contributed by atoms with van der Waals surface area (Å²) in [6.45, 7) is 0. The summed E-state index contributed by atoms with van der Waals surface area (Å²) in [5, 5.41) is 15.1. The van der Waals surface area contributed by atoms with Crippen LogP contribution in [0.4, 0.5) is 5.69 Å². The summed E-state index contributed by atoms with van der Waals surface area (Å²) in [6.07, 6.45) is 0. The molecule has 0 aliphatic carbocycles. The zero-order valence-corrected chi connectivity index (χ0v) is 10.5. The third-order valence-electron chi connectivity index (χ3n) is 3.32. The highest BCUT2D eigenvalue weighted by molar-refractivity contribution is 6.06. The average molecular weight is 268 g/mol. The first-order valence-corrected chi connectivity index (χ1v) is 6.12. The van der Waals surface area contributed by atoms with Crippen LogP contribution in [0.5, 0.6) is 0 Å². The predicted octanol–water partition coefficient (Wildman–Crippen LogP) is 1.78. The number of benzene rings is 2. The first-order chi connectivity index (χ1) is 9.63. The standard InChI is InChI=1S/C15H12N2O3/c18-13-11-8-4-5-9-12(11)16-15(17-13,14(19)20)10-6-2-1-3-7-10/h1-9,16H,(H,17,18)(H,19,20). The minimum atomic E-state index is -1.65. The van der Waals surface area contributed by atoms with Gasteiger partial charge in [-0.05, 0) is 12.1 Å². The van der Waals surface area contributed by atoms with Crippen molar-refractivity contribution in [3.63, 3.8) is 0 Å². The van der Waals surface area contributed by atoms with Gasteiger partial charge in [-0.15, -0.1) is 0 Å². The van der Waals surface area contributed by atoms with E-state index in [9.17, 15) is 14.7 Å². The van der Waals surface area contributed by atoms with E-state index in [4.69, 9.17) is 0 Å². The molecule has 0 aromatic heterocycles. The number of carbonyl (C=O) groups is 2. The van der Waals surface area contributed by atoms with Crippen LogP contribution in [-0.4, -0.2) is 17.0 Å². The van der Waals surface area contributed by atoms with Crippen molar-refractivity contribution >= 4 is 17.6 Å². The third kappa shape index (κ3) is 1.72. The summed E-state index contributed by atoms with van der Waals surface area (Å²) in [7, 11) is 0. The summed E-state index contributed by atoms with van der Waals surface area (Å²) in [4.78, 5) is 23.9. The van der Waals surface area contributed by atoms with E-state index in [1.54, 1.807) is 54.6 Å². The molecule has 1 unspecified atom stereocenters. The predicted molar refractivity (Wildman–Crippen MR) is 73.3 cm³/mol. The number of fused-ring (bicyclic) bond motifs is 1. The van der Waals surface area contributed by atoms with E-state index < -0.39 is 17.5 Å². The zero-order valence-electron chi connectivity index (χ0n) is 10.5. The quantitative estimate of drug-likeness (QED) is 0.775. The molecule has 0 spiro atoms. The van der Waals surface area contributed by atoms with Crippen LogP contribution >= 0.6 is 0 Å². The largest absolute Gasteiger partial charge is 0.478 e. The number of para-hydroxylation sites is 1. The van der Waals surface area contributed by atoms with Crippen LogP contribution in [0.1, 0.15) is 15.9 Å².